The Morgan fingerprint density at radius 3 is 2.24 bits per heavy atom. The van der Waals surface area contributed by atoms with Gasteiger partial charge in [-0.25, -0.2) is 0 Å². The van der Waals surface area contributed by atoms with E-state index >= 15 is 0 Å². The number of aliphatic hydroxyl groups excluding tert-OH is 1. The number of hydrogen-bond acceptors (Lipinski definition) is 2. The minimum Gasteiger partial charge on any atom is -0.481 e. The average molecular weight is 464 g/mol. The number of rotatable bonds is 0. The van der Waals surface area contributed by atoms with Crippen LogP contribution >= 0.6 is 31.9 Å². The van der Waals surface area contributed by atoms with Crippen LogP contribution in [0.5, 0.6) is 0 Å². The number of benzene rings is 3. The van der Waals surface area contributed by atoms with Gasteiger partial charge in [0, 0.05) is 11.4 Å². The van der Waals surface area contributed by atoms with E-state index in [1.54, 1.807) is 0 Å². The molecule has 0 spiro atoms. The molecule has 0 amide bonds. The lowest BCUT2D eigenvalue weighted by molar-refractivity contribution is -0.134. The van der Waals surface area contributed by atoms with Gasteiger partial charge in [0.15, 0.2) is 0 Å². The molecule has 1 aliphatic carbocycles. The highest BCUT2D eigenvalue weighted by atomic mass is 79.9. The van der Waals surface area contributed by atoms with Gasteiger partial charge in [0.05, 0.1) is 10.9 Å². The zero-order chi connectivity index (χ0) is 18.1. The third-order valence-corrected chi connectivity index (χ3v) is 5.81. The molecule has 4 rings (SSSR count). The van der Waals surface area contributed by atoms with Crippen LogP contribution in [0.2, 0.25) is 0 Å². The standard InChI is InChI=1S/C18H12Br2O.C2H4O2/c19-15-9-14-10-5-1-4-8-13(10)17(20)18(21)16(14)12-7-3-2-6-11(12)15;1-2(3)4/h1-9,17-18,21H;1H3,(H,3,4). The van der Waals surface area contributed by atoms with Crippen molar-refractivity contribution < 1.29 is 15.0 Å². The third kappa shape index (κ3) is 3.36. The monoisotopic (exact) mass is 462 g/mol. The molecule has 0 saturated carbocycles. The molecular weight excluding hydrogens is 448 g/mol. The van der Waals surface area contributed by atoms with E-state index in [1.807, 2.05) is 24.3 Å². The van der Waals surface area contributed by atoms with Crippen molar-refractivity contribution in [3.8, 4) is 11.1 Å². The van der Waals surface area contributed by atoms with Crippen molar-refractivity contribution in [3.05, 3.63) is 70.2 Å². The summed E-state index contributed by atoms with van der Waals surface area (Å²) in [5, 5.41) is 20.5. The molecule has 1 aliphatic rings. The number of carboxylic acid groups (broad SMARTS) is 1. The van der Waals surface area contributed by atoms with Gasteiger partial charge >= 0.3 is 0 Å². The molecular formula is C20H16Br2O3. The van der Waals surface area contributed by atoms with Crippen molar-refractivity contribution in [2.24, 2.45) is 0 Å². The fraction of sp³-hybridized carbons (Fsp3) is 0.150. The van der Waals surface area contributed by atoms with Crippen LogP contribution in [0.15, 0.2) is 59.1 Å². The summed E-state index contributed by atoms with van der Waals surface area (Å²) in [4.78, 5) is 8.92. The molecule has 0 radical (unpaired) electrons. The molecule has 2 atom stereocenters. The Hall–Kier alpha value is -1.69. The summed E-state index contributed by atoms with van der Waals surface area (Å²) in [6.07, 6.45) is -0.548. The van der Waals surface area contributed by atoms with Crippen LogP contribution in [0.3, 0.4) is 0 Å². The fourth-order valence-corrected chi connectivity index (χ4v) is 4.43. The zero-order valence-electron chi connectivity index (χ0n) is 13.4. The first-order valence-corrected chi connectivity index (χ1v) is 9.44. The molecule has 0 aliphatic heterocycles. The topological polar surface area (TPSA) is 57.5 Å². The molecule has 0 aromatic heterocycles. The summed E-state index contributed by atoms with van der Waals surface area (Å²) >= 11 is 7.33. The minimum absolute atomic E-state index is 0.0780. The van der Waals surface area contributed by atoms with Gasteiger partial charge < -0.3 is 10.2 Å². The Labute approximate surface area is 162 Å². The summed E-state index contributed by atoms with van der Waals surface area (Å²) in [5.74, 6) is -0.833. The van der Waals surface area contributed by atoms with Gasteiger partial charge in [-0.05, 0) is 39.1 Å². The van der Waals surface area contributed by atoms with Crippen LogP contribution in [-0.2, 0) is 4.79 Å². The number of carboxylic acids is 1. The first-order valence-electron chi connectivity index (χ1n) is 7.74. The highest BCUT2D eigenvalue weighted by molar-refractivity contribution is 9.10. The smallest absolute Gasteiger partial charge is 0.300 e. The van der Waals surface area contributed by atoms with Crippen molar-refractivity contribution in [2.75, 3.05) is 0 Å². The Morgan fingerprint density at radius 2 is 1.56 bits per heavy atom. The first-order chi connectivity index (χ1) is 11.9. The summed E-state index contributed by atoms with van der Waals surface area (Å²) in [7, 11) is 0. The molecule has 0 saturated heterocycles. The Balaban J connectivity index is 0.000000415. The maximum absolute atomic E-state index is 10.8. The molecule has 0 heterocycles. The molecule has 2 unspecified atom stereocenters. The Morgan fingerprint density at radius 1 is 1.00 bits per heavy atom. The lowest BCUT2D eigenvalue weighted by atomic mass is 9.81. The van der Waals surface area contributed by atoms with E-state index < -0.39 is 12.1 Å². The molecule has 0 bridgehead atoms. The molecule has 3 aromatic rings. The van der Waals surface area contributed by atoms with Gasteiger partial charge in [-0.2, -0.15) is 0 Å². The Kier molecular flexibility index (Phi) is 5.27. The predicted octanol–water partition coefficient (Wildman–Crippen LogP) is 5.84. The van der Waals surface area contributed by atoms with Crippen LogP contribution in [0.4, 0.5) is 0 Å². The quantitative estimate of drug-likeness (QED) is 0.411. The molecule has 128 valence electrons. The number of aliphatic hydroxyl groups is 1. The van der Waals surface area contributed by atoms with Gasteiger partial charge in [-0.3, -0.25) is 4.79 Å². The van der Waals surface area contributed by atoms with Crippen LogP contribution in [0.1, 0.15) is 29.0 Å². The summed E-state index contributed by atoms with van der Waals surface area (Å²) in [5.41, 5.74) is 4.44. The maximum Gasteiger partial charge on any atom is 0.300 e. The van der Waals surface area contributed by atoms with Crippen molar-refractivity contribution in [2.45, 2.75) is 17.9 Å². The second-order valence-electron chi connectivity index (χ2n) is 5.82. The summed E-state index contributed by atoms with van der Waals surface area (Å²) in [6, 6.07) is 18.6. The fourth-order valence-electron chi connectivity index (χ4n) is 3.19. The lowest BCUT2D eigenvalue weighted by Gasteiger charge is -2.30. The zero-order valence-corrected chi connectivity index (χ0v) is 16.6. The van der Waals surface area contributed by atoms with Crippen LogP contribution in [-0.4, -0.2) is 16.2 Å². The molecule has 5 heteroatoms. The van der Waals surface area contributed by atoms with Crippen molar-refractivity contribution in [3.63, 3.8) is 0 Å². The highest BCUT2D eigenvalue weighted by Crippen LogP contribution is 2.51. The van der Waals surface area contributed by atoms with E-state index in [0.717, 1.165) is 38.9 Å². The van der Waals surface area contributed by atoms with Crippen LogP contribution in [0.25, 0.3) is 21.9 Å². The predicted molar refractivity (Wildman–Crippen MR) is 107 cm³/mol. The van der Waals surface area contributed by atoms with E-state index in [0.29, 0.717) is 0 Å². The van der Waals surface area contributed by atoms with E-state index in [-0.39, 0.29) is 4.83 Å². The first kappa shape index (κ1) is 18.1. The average Bonchev–Trinajstić information content (AvgIpc) is 2.59. The SMILES string of the molecule is CC(=O)O.OC1c2c(cc(Br)c3ccccc23)-c2ccccc2C1Br. The number of aliphatic carboxylic acids is 1. The van der Waals surface area contributed by atoms with E-state index in [2.05, 4.69) is 62.2 Å². The van der Waals surface area contributed by atoms with Gasteiger partial charge in [-0.1, -0.05) is 80.4 Å². The van der Waals surface area contributed by atoms with Gasteiger partial charge in [0.1, 0.15) is 0 Å². The summed E-state index contributed by atoms with van der Waals surface area (Å²) in [6.45, 7) is 1.08. The van der Waals surface area contributed by atoms with Crippen LogP contribution in [0, 0.1) is 0 Å². The number of alkyl halides is 1. The minimum atomic E-state index is -0.833. The molecule has 3 nitrogen and oxygen atoms in total. The van der Waals surface area contributed by atoms with Gasteiger partial charge in [-0.15, -0.1) is 0 Å². The third-order valence-electron chi connectivity index (χ3n) is 4.16. The van der Waals surface area contributed by atoms with Crippen LogP contribution < -0.4 is 0 Å². The normalized spacial score (nSPS) is 17.9. The lowest BCUT2D eigenvalue weighted by Crippen LogP contribution is -2.14. The number of halogens is 2. The second-order valence-corrected chi connectivity index (χ2v) is 7.66. The number of carbonyl (C=O) groups is 1. The highest BCUT2D eigenvalue weighted by Gasteiger charge is 2.32. The molecule has 2 N–H and O–H groups in total. The van der Waals surface area contributed by atoms with E-state index in [1.165, 1.54) is 5.56 Å². The Bertz CT molecular complexity index is 949. The van der Waals surface area contributed by atoms with Crippen molar-refractivity contribution in [1.82, 2.24) is 0 Å². The van der Waals surface area contributed by atoms with Crippen molar-refractivity contribution >= 4 is 48.6 Å². The van der Waals surface area contributed by atoms with E-state index in [9.17, 15) is 5.11 Å². The largest absolute Gasteiger partial charge is 0.481 e. The van der Waals surface area contributed by atoms with E-state index in [4.69, 9.17) is 9.90 Å². The molecule has 0 fully saturated rings. The maximum atomic E-state index is 10.8. The summed E-state index contributed by atoms with van der Waals surface area (Å²) < 4.78 is 1.06. The molecule has 3 aromatic carbocycles. The second kappa shape index (κ2) is 7.28. The van der Waals surface area contributed by atoms with Gasteiger partial charge in [0.25, 0.3) is 5.97 Å². The number of fused-ring (bicyclic) bond motifs is 5. The number of hydrogen-bond donors (Lipinski definition) is 2. The molecule has 25 heavy (non-hydrogen) atoms. The van der Waals surface area contributed by atoms with Gasteiger partial charge in [0.2, 0.25) is 0 Å². The van der Waals surface area contributed by atoms with Crippen molar-refractivity contribution in [1.29, 1.82) is 0 Å².